The molecule has 1 aromatic carbocycles. The molecular formula is C17H12ClN5O. The molecule has 3 aromatic heterocycles. The summed E-state index contributed by atoms with van der Waals surface area (Å²) in [6.07, 6.45) is 1.56. The minimum absolute atomic E-state index is 0.370. The molecule has 0 spiro atoms. The maximum atomic E-state index is 11.7. The summed E-state index contributed by atoms with van der Waals surface area (Å²) in [4.78, 5) is 27.8. The van der Waals surface area contributed by atoms with Gasteiger partial charge in [-0.3, -0.25) is 4.79 Å². The van der Waals surface area contributed by atoms with Crippen LogP contribution < -0.4 is 5.73 Å². The lowest BCUT2D eigenvalue weighted by molar-refractivity contribution is 0.100. The van der Waals surface area contributed by atoms with E-state index in [0.717, 1.165) is 16.5 Å². The normalized spacial score (nSPS) is 11.2. The Morgan fingerprint density at radius 3 is 2.79 bits per heavy atom. The number of benzene rings is 1. The summed E-state index contributed by atoms with van der Waals surface area (Å²) in [5.74, 6) is 0.0777. The summed E-state index contributed by atoms with van der Waals surface area (Å²) in [6, 6.07) is 9.35. The van der Waals surface area contributed by atoms with E-state index in [-0.39, 0.29) is 0 Å². The van der Waals surface area contributed by atoms with Crippen LogP contribution in [-0.2, 0) is 0 Å². The second kappa shape index (κ2) is 5.28. The van der Waals surface area contributed by atoms with Crippen molar-refractivity contribution in [3.8, 4) is 11.3 Å². The van der Waals surface area contributed by atoms with Crippen LogP contribution in [0, 0.1) is 6.92 Å². The summed E-state index contributed by atoms with van der Waals surface area (Å²) in [5.41, 5.74) is 8.73. The molecule has 0 bridgehead atoms. The largest absolute Gasteiger partial charge is 0.366 e. The van der Waals surface area contributed by atoms with Crippen LogP contribution in [-0.4, -0.2) is 25.8 Å². The van der Waals surface area contributed by atoms with E-state index in [1.165, 1.54) is 0 Å². The van der Waals surface area contributed by atoms with Crippen molar-refractivity contribution in [1.82, 2.24) is 19.9 Å². The fourth-order valence-corrected chi connectivity index (χ4v) is 2.95. The number of pyridine rings is 1. The number of rotatable bonds is 2. The Bertz CT molecular complexity index is 1120. The number of halogens is 1. The Morgan fingerprint density at radius 1 is 1.17 bits per heavy atom. The predicted octanol–water partition coefficient (Wildman–Crippen LogP) is 3.23. The molecule has 4 aromatic rings. The van der Waals surface area contributed by atoms with Crippen LogP contribution in [0.4, 0.5) is 0 Å². The monoisotopic (exact) mass is 337 g/mol. The van der Waals surface area contributed by atoms with Gasteiger partial charge in [0.2, 0.25) is 0 Å². The van der Waals surface area contributed by atoms with Crippen molar-refractivity contribution in [2.45, 2.75) is 6.92 Å². The molecule has 0 unspecified atom stereocenters. The smallest absolute Gasteiger partial charge is 0.251 e. The van der Waals surface area contributed by atoms with Gasteiger partial charge in [0.05, 0.1) is 22.2 Å². The molecule has 0 radical (unpaired) electrons. The Kier molecular flexibility index (Phi) is 3.21. The number of nitrogens with two attached hydrogens (primary N) is 1. The highest BCUT2D eigenvalue weighted by Gasteiger charge is 2.17. The van der Waals surface area contributed by atoms with Crippen LogP contribution in [0.1, 0.15) is 16.2 Å². The lowest BCUT2D eigenvalue weighted by Crippen LogP contribution is -2.10. The predicted molar refractivity (Wildman–Crippen MR) is 92.9 cm³/mol. The van der Waals surface area contributed by atoms with E-state index >= 15 is 0 Å². The van der Waals surface area contributed by atoms with Crippen molar-refractivity contribution in [2.24, 2.45) is 5.73 Å². The number of amides is 1. The highest BCUT2D eigenvalue weighted by Crippen LogP contribution is 2.30. The van der Waals surface area contributed by atoms with Crippen molar-refractivity contribution in [2.75, 3.05) is 0 Å². The van der Waals surface area contributed by atoms with Crippen molar-refractivity contribution in [3.63, 3.8) is 0 Å². The SMILES string of the molecule is Cc1nc(-c2ccc3nc(Cl)ccc3c2)c2c(C(N)=O)c[nH]c2n1. The molecule has 0 aliphatic rings. The zero-order valence-corrected chi connectivity index (χ0v) is 13.4. The highest BCUT2D eigenvalue weighted by atomic mass is 35.5. The third-order valence-corrected chi connectivity index (χ3v) is 4.05. The van der Waals surface area contributed by atoms with Crippen LogP contribution in [0.15, 0.2) is 36.5 Å². The summed E-state index contributed by atoms with van der Waals surface area (Å²) in [5, 5.41) is 1.99. The molecule has 3 heterocycles. The van der Waals surface area contributed by atoms with E-state index in [2.05, 4.69) is 19.9 Å². The average Bonchev–Trinajstić information content (AvgIpc) is 2.97. The molecule has 0 aliphatic heterocycles. The van der Waals surface area contributed by atoms with Gasteiger partial charge in [-0.15, -0.1) is 0 Å². The van der Waals surface area contributed by atoms with Gasteiger partial charge < -0.3 is 10.7 Å². The van der Waals surface area contributed by atoms with E-state index in [1.54, 1.807) is 19.2 Å². The minimum atomic E-state index is -0.524. The number of aryl methyl sites for hydroxylation is 1. The van der Waals surface area contributed by atoms with Gasteiger partial charge in [0.15, 0.2) is 0 Å². The van der Waals surface area contributed by atoms with Gasteiger partial charge >= 0.3 is 0 Å². The maximum absolute atomic E-state index is 11.7. The molecule has 0 saturated heterocycles. The van der Waals surface area contributed by atoms with Gasteiger partial charge in [-0.05, 0) is 31.2 Å². The molecule has 1 amide bonds. The number of aromatic amines is 1. The fraction of sp³-hybridized carbons (Fsp3) is 0.0588. The second-order valence-corrected chi connectivity index (χ2v) is 5.84. The van der Waals surface area contributed by atoms with Gasteiger partial charge in [0.25, 0.3) is 5.91 Å². The van der Waals surface area contributed by atoms with Crippen LogP contribution in [0.5, 0.6) is 0 Å². The zero-order valence-electron chi connectivity index (χ0n) is 12.7. The van der Waals surface area contributed by atoms with Crippen LogP contribution >= 0.6 is 11.6 Å². The summed E-state index contributed by atoms with van der Waals surface area (Å²) >= 11 is 5.93. The van der Waals surface area contributed by atoms with Crippen LogP contribution in [0.2, 0.25) is 5.15 Å². The van der Waals surface area contributed by atoms with Crippen LogP contribution in [0.25, 0.3) is 33.2 Å². The molecule has 4 rings (SSSR count). The maximum Gasteiger partial charge on any atom is 0.251 e. The third kappa shape index (κ3) is 2.28. The molecule has 0 saturated carbocycles. The molecule has 7 heteroatoms. The number of nitrogens with zero attached hydrogens (tertiary/aromatic N) is 3. The number of aromatic nitrogens is 4. The highest BCUT2D eigenvalue weighted by molar-refractivity contribution is 6.29. The van der Waals surface area contributed by atoms with Gasteiger partial charge in [0, 0.05) is 17.1 Å². The average molecular weight is 338 g/mol. The quantitative estimate of drug-likeness (QED) is 0.549. The number of H-pyrrole nitrogens is 1. The van der Waals surface area contributed by atoms with Gasteiger partial charge in [0.1, 0.15) is 16.6 Å². The zero-order chi connectivity index (χ0) is 16.8. The van der Waals surface area contributed by atoms with E-state index in [9.17, 15) is 4.79 Å². The molecule has 0 aliphatic carbocycles. The first-order valence-corrected chi connectivity index (χ1v) is 7.63. The van der Waals surface area contributed by atoms with Crippen molar-refractivity contribution < 1.29 is 4.79 Å². The first kappa shape index (κ1) is 14.6. The molecule has 0 fully saturated rings. The number of primary amides is 1. The lowest BCUT2D eigenvalue weighted by Gasteiger charge is -2.07. The Balaban J connectivity index is 2.03. The number of carbonyl (C=O) groups excluding carboxylic acids is 1. The fourth-order valence-electron chi connectivity index (χ4n) is 2.80. The molecule has 3 N–H and O–H groups in total. The number of hydrogen-bond acceptors (Lipinski definition) is 4. The van der Waals surface area contributed by atoms with Crippen molar-refractivity contribution >= 4 is 39.4 Å². The van der Waals surface area contributed by atoms with Crippen LogP contribution in [0.3, 0.4) is 0 Å². The summed E-state index contributed by atoms with van der Waals surface area (Å²) in [6.45, 7) is 1.80. The van der Waals surface area contributed by atoms with Crippen molar-refractivity contribution in [3.05, 3.63) is 53.1 Å². The van der Waals surface area contributed by atoms with E-state index in [1.807, 2.05) is 24.3 Å². The molecule has 0 atom stereocenters. The summed E-state index contributed by atoms with van der Waals surface area (Å²) in [7, 11) is 0. The van der Waals surface area contributed by atoms with Gasteiger partial charge in [-0.25, -0.2) is 15.0 Å². The lowest BCUT2D eigenvalue weighted by atomic mass is 10.0. The molecule has 6 nitrogen and oxygen atoms in total. The van der Waals surface area contributed by atoms with Crippen molar-refractivity contribution in [1.29, 1.82) is 0 Å². The van der Waals surface area contributed by atoms with Gasteiger partial charge in [-0.2, -0.15) is 0 Å². The number of hydrogen-bond donors (Lipinski definition) is 2. The molecule has 118 valence electrons. The number of fused-ring (bicyclic) bond motifs is 2. The van der Waals surface area contributed by atoms with E-state index < -0.39 is 5.91 Å². The number of carbonyl (C=O) groups is 1. The van der Waals surface area contributed by atoms with E-state index in [4.69, 9.17) is 17.3 Å². The standard InChI is InChI=1S/C17H12ClN5O/c1-8-21-15(14-11(16(19)24)7-20-17(14)22-8)10-2-4-12-9(6-10)3-5-13(18)23-12/h2-7H,1H3,(H2,19,24)(H,20,21,22). The Labute approximate surface area is 141 Å². The number of nitrogens with one attached hydrogen (secondary N) is 1. The first-order valence-electron chi connectivity index (χ1n) is 7.25. The van der Waals surface area contributed by atoms with Gasteiger partial charge in [-0.1, -0.05) is 17.7 Å². The Hall–Kier alpha value is -2.99. The second-order valence-electron chi connectivity index (χ2n) is 5.45. The topological polar surface area (TPSA) is 97.5 Å². The van der Waals surface area contributed by atoms with E-state index in [0.29, 0.717) is 33.3 Å². The minimum Gasteiger partial charge on any atom is -0.366 e. The Morgan fingerprint density at radius 2 is 2.00 bits per heavy atom. The first-order chi connectivity index (χ1) is 11.5. The molecule has 24 heavy (non-hydrogen) atoms. The summed E-state index contributed by atoms with van der Waals surface area (Å²) < 4.78 is 0. The third-order valence-electron chi connectivity index (χ3n) is 3.84. The molecular weight excluding hydrogens is 326 g/mol.